The molecule has 1 heterocycles. The van der Waals surface area contributed by atoms with Crippen molar-refractivity contribution < 1.29 is 4.74 Å². The third-order valence-electron chi connectivity index (χ3n) is 2.34. The van der Waals surface area contributed by atoms with Crippen molar-refractivity contribution in [3.05, 3.63) is 0 Å². The highest BCUT2D eigenvalue weighted by atomic mass is 32.2. The maximum absolute atomic E-state index is 5.54. The van der Waals surface area contributed by atoms with Gasteiger partial charge in [0.2, 0.25) is 0 Å². The van der Waals surface area contributed by atoms with E-state index in [0.29, 0.717) is 0 Å². The molecule has 11 heavy (non-hydrogen) atoms. The zero-order chi connectivity index (χ0) is 8.16. The second kappa shape index (κ2) is 4.33. The molecule has 0 radical (unpaired) electrons. The van der Waals surface area contributed by atoms with Gasteiger partial charge in [-0.15, -0.1) is 0 Å². The van der Waals surface area contributed by atoms with Gasteiger partial charge < -0.3 is 10.1 Å². The smallest absolute Gasteiger partial charge is 0.0818 e. The summed E-state index contributed by atoms with van der Waals surface area (Å²) in [4.78, 5) is 0. The van der Waals surface area contributed by atoms with Gasteiger partial charge in [-0.1, -0.05) is 0 Å². The van der Waals surface area contributed by atoms with Crippen LogP contribution in [0.2, 0.25) is 0 Å². The van der Waals surface area contributed by atoms with Crippen LogP contribution in [0.4, 0.5) is 0 Å². The van der Waals surface area contributed by atoms with E-state index >= 15 is 0 Å². The molecule has 66 valence electrons. The Morgan fingerprint density at radius 2 is 2.09 bits per heavy atom. The van der Waals surface area contributed by atoms with Crippen molar-refractivity contribution in [2.45, 2.75) is 18.4 Å². The van der Waals surface area contributed by atoms with Gasteiger partial charge in [0.15, 0.2) is 0 Å². The molecule has 1 fully saturated rings. The second-order valence-corrected chi connectivity index (χ2v) is 4.25. The molecule has 0 unspecified atom stereocenters. The molecular weight excluding hydrogens is 158 g/mol. The van der Waals surface area contributed by atoms with E-state index < -0.39 is 0 Å². The Kier molecular flexibility index (Phi) is 3.69. The fraction of sp³-hybridized carbons (Fsp3) is 1.00. The molecule has 1 N–H and O–H groups in total. The van der Waals surface area contributed by atoms with Gasteiger partial charge in [0.25, 0.3) is 0 Å². The van der Waals surface area contributed by atoms with E-state index in [9.17, 15) is 0 Å². The SMILES string of the molecule is CNCC1(OC)CCSCC1. The highest BCUT2D eigenvalue weighted by molar-refractivity contribution is 7.99. The largest absolute Gasteiger partial charge is 0.377 e. The maximum Gasteiger partial charge on any atom is 0.0818 e. The van der Waals surface area contributed by atoms with E-state index in [4.69, 9.17) is 4.74 Å². The Hall–Kier alpha value is 0.270. The quantitative estimate of drug-likeness (QED) is 0.694. The number of thioether (sulfide) groups is 1. The van der Waals surface area contributed by atoms with Crippen LogP contribution in [-0.2, 0) is 4.74 Å². The summed E-state index contributed by atoms with van der Waals surface area (Å²) in [5.41, 5.74) is 0.139. The number of hydrogen-bond acceptors (Lipinski definition) is 3. The maximum atomic E-state index is 5.54. The molecule has 3 heteroatoms. The van der Waals surface area contributed by atoms with Gasteiger partial charge in [0.05, 0.1) is 5.60 Å². The van der Waals surface area contributed by atoms with Crippen molar-refractivity contribution >= 4 is 11.8 Å². The Balaban J connectivity index is 2.42. The Morgan fingerprint density at radius 1 is 1.45 bits per heavy atom. The third kappa shape index (κ3) is 2.36. The van der Waals surface area contributed by atoms with E-state index in [1.54, 1.807) is 0 Å². The van der Waals surface area contributed by atoms with Crippen molar-refractivity contribution in [1.29, 1.82) is 0 Å². The number of likely N-dealkylation sites (N-methyl/N-ethyl adjacent to an activating group) is 1. The lowest BCUT2D eigenvalue weighted by Gasteiger charge is -2.35. The van der Waals surface area contributed by atoms with Gasteiger partial charge in [-0.2, -0.15) is 11.8 Å². The molecule has 0 atom stereocenters. The van der Waals surface area contributed by atoms with Crippen molar-refractivity contribution in [2.24, 2.45) is 0 Å². The highest BCUT2D eigenvalue weighted by Crippen LogP contribution is 2.28. The van der Waals surface area contributed by atoms with Crippen molar-refractivity contribution in [3.63, 3.8) is 0 Å². The molecule has 0 aliphatic carbocycles. The summed E-state index contributed by atoms with van der Waals surface area (Å²) in [6.45, 7) is 0.990. The molecule has 1 rings (SSSR count). The fourth-order valence-electron chi connectivity index (χ4n) is 1.52. The summed E-state index contributed by atoms with van der Waals surface area (Å²) in [5.74, 6) is 2.49. The molecule has 1 aliphatic rings. The van der Waals surface area contributed by atoms with Crippen molar-refractivity contribution in [2.75, 3.05) is 32.2 Å². The average molecular weight is 175 g/mol. The summed E-state index contributed by atoms with van der Waals surface area (Å²) in [6, 6.07) is 0. The van der Waals surface area contributed by atoms with Gasteiger partial charge in [0.1, 0.15) is 0 Å². The summed E-state index contributed by atoms with van der Waals surface area (Å²) in [5, 5.41) is 3.19. The van der Waals surface area contributed by atoms with Crippen LogP contribution in [-0.4, -0.2) is 37.8 Å². The van der Waals surface area contributed by atoms with Crippen LogP contribution in [0.5, 0.6) is 0 Å². The van der Waals surface area contributed by atoms with Crippen LogP contribution in [0.3, 0.4) is 0 Å². The normalized spacial score (nSPS) is 23.5. The van der Waals surface area contributed by atoms with Gasteiger partial charge in [0, 0.05) is 13.7 Å². The Labute approximate surface area is 73.1 Å². The molecule has 1 saturated heterocycles. The minimum atomic E-state index is 0.139. The molecule has 0 amide bonds. The molecule has 0 aromatic heterocycles. The number of ether oxygens (including phenoxy) is 1. The van der Waals surface area contributed by atoms with Gasteiger partial charge in [-0.05, 0) is 31.4 Å². The van der Waals surface area contributed by atoms with E-state index in [-0.39, 0.29) is 5.60 Å². The van der Waals surface area contributed by atoms with Crippen LogP contribution in [0.1, 0.15) is 12.8 Å². The zero-order valence-electron chi connectivity index (χ0n) is 7.35. The molecule has 0 saturated carbocycles. The molecule has 0 aromatic carbocycles. The van der Waals surface area contributed by atoms with E-state index in [1.807, 2.05) is 25.9 Å². The predicted molar refractivity (Wildman–Crippen MR) is 50.2 cm³/mol. The third-order valence-corrected chi connectivity index (χ3v) is 3.32. The van der Waals surface area contributed by atoms with Crippen LogP contribution in [0.15, 0.2) is 0 Å². The van der Waals surface area contributed by atoms with Gasteiger partial charge in [-0.25, -0.2) is 0 Å². The van der Waals surface area contributed by atoms with E-state index in [2.05, 4.69) is 5.32 Å². The first-order valence-electron chi connectivity index (χ1n) is 4.10. The highest BCUT2D eigenvalue weighted by Gasteiger charge is 2.30. The first-order chi connectivity index (χ1) is 5.33. The standard InChI is InChI=1S/C8H17NOS/c1-9-7-8(10-2)3-5-11-6-4-8/h9H,3-7H2,1-2H3. The van der Waals surface area contributed by atoms with Crippen LogP contribution in [0, 0.1) is 0 Å². The minimum absolute atomic E-state index is 0.139. The lowest BCUT2D eigenvalue weighted by molar-refractivity contribution is -0.0144. The van der Waals surface area contributed by atoms with E-state index in [0.717, 1.165) is 6.54 Å². The zero-order valence-corrected chi connectivity index (χ0v) is 8.17. The lowest BCUT2D eigenvalue weighted by Crippen LogP contribution is -2.44. The molecule has 0 aromatic rings. The summed E-state index contributed by atoms with van der Waals surface area (Å²) >= 11 is 2.03. The molecular formula is C8H17NOS. The Bertz CT molecular complexity index is 107. The molecule has 0 bridgehead atoms. The average Bonchev–Trinajstić information content (AvgIpc) is 2.07. The number of hydrogen-bond donors (Lipinski definition) is 1. The summed E-state index contributed by atoms with van der Waals surface area (Å²) in [6.07, 6.45) is 2.38. The van der Waals surface area contributed by atoms with Gasteiger partial charge in [-0.3, -0.25) is 0 Å². The van der Waals surface area contributed by atoms with Crippen LogP contribution < -0.4 is 5.32 Å². The van der Waals surface area contributed by atoms with Crippen LogP contribution in [0.25, 0.3) is 0 Å². The number of rotatable bonds is 3. The first kappa shape index (κ1) is 9.36. The summed E-state index contributed by atoms with van der Waals surface area (Å²) < 4.78 is 5.54. The van der Waals surface area contributed by atoms with Crippen LogP contribution >= 0.6 is 11.8 Å². The Morgan fingerprint density at radius 3 is 2.55 bits per heavy atom. The number of nitrogens with one attached hydrogen (secondary N) is 1. The first-order valence-corrected chi connectivity index (χ1v) is 5.26. The lowest BCUT2D eigenvalue weighted by atomic mass is 9.96. The molecule has 0 spiro atoms. The molecule has 1 aliphatic heterocycles. The monoisotopic (exact) mass is 175 g/mol. The summed E-state index contributed by atoms with van der Waals surface area (Å²) in [7, 11) is 3.82. The molecule has 2 nitrogen and oxygen atoms in total. The van der Waals surface area contributed by atoms with E-state index in [1.165, 1.54) is 24.3 Å². The second-order valence-electron chi connectivity index (χ2n) is 3.03. The number of methoxy groups -OCH3 is 1. The topological polar surface area (TPSA) is 21.3 Å². The predicted octanol–water partition coefficient (Wildman–Crippen LogP) is 1.12. The van der Waals surface area contributed by atoms with Gasteiger partial charge >= 0.3 is 0 Å². The fourth-order valence-corrected chi connectivity index (χ4v) is 2.76. The minimum Gasteiger partial charge on any atom is -0.377 e. The van der Waals surface area contributed by atoms with Crippen molar-refractivity contribution in [3.8, 4) is 0 Å². The van der Waals surface area contributed by atoms with Crippen molar-refractivity contribution in [1.82, 2.24) is 5.32 Å².